The molecule has 0 aromatic heterocycles. The van der Waals surface area contributed by atoms with E-state index in [1.165, 1.54) is 0 Å². The Morgan fingerprint density at radius 1 is 1.00 bits per heavy atom. The molecule has 1 aromatic rings. The van der Waals surface area contributed by atoms with Crippen LogP contribution in [-0.2, 0) is 11.3 Å². The van der Waals surface area contributed by atoms with E-state index in [1.54, 1.807) is 30.3 Å². The molecule has 0 fully saturated rings. The van der Waals surface area contributed by atoms with Crippen molar-refractivity contribution in [3.05, 3.63) is 35.9 Å². The van der Waals surface area contributed by atoms with Gasteiger partial charge in [0.2, 0.25) is 0 Å². The Hall–Kier alpha value is -1.46. The number of nitrogens with one attached hydrogen (secondary N) is 1. The summed E-state index contributed by atoms with van der Waals surface area (Å²) in [7, 11) is 0. The molecule has 0 heterocycles. The molecule has 11 heteroatoms. The van der Waals surface area contributed by atoms with E-state index in [-0.39, 0.29) is 6.54 Å². The minimum Gasteiger partial charge on any atom is -0.389 e. The number of aliphatic hydroxyl groups is 1. The van der Waals surface area contributed by atoms with Gasteiger partial charge in [-0.15, -0.1) is 0 Å². The molecule has 0 aliphatic rings. The molecule has 1 rings (SSSR count). The second-order valence-electron chi connectivity index (χ2n) is 5.49. The summed E-state index contributed by atoms with van der Waals surface area (Å²) in [6.45, 7) is -2.98. The molecule has 0 spiro atoms. The maximum absolute atomic E-state index is 13.2. The van der Waals surface area contributed by atoms with Crippen LogP contribution in [0.15, 0.2) is 30.3 Å². The Bertz CT molecular complexity index is 542. The molecule has 0 unspecified atom stereocenters. The molecule has 3 nitrogen and oxygen atoms in total. The van der Waals surface area contributed by atoms with Crippen molar-refractivity contribution in [1.82, 2.24) is 5.32 Å². The summed E-state index contributed by atoms with van der Waals surface area (Å²) in [6.07, 6.45) is -6.38. The quantitative estimate of drug-likeness (QED) is 0.565. The number of ether oxygens (including phenoxy) is 1. The Labute approximate surface area is 143 Å². The predicted octanol–water partition coefficient (Wildman–Crippen LogP) is 3.32. The Kier molecular flexibility index (Phi) is 7.78. The monoisotopic (exact) mass is 395 g/mol. The van der Waals surface area contributed by atoms with Crippen molar-refractivity contribution in [2.45, 2.75) is 36.8 Å². The van der Waals surface area contributed by atoms with Crippen LogP contribution in [0.1, 0.15) is 5.56 Å². The van der Waals surface area contributed by atoms with Gasteiger partial charge in [-0.25, -0.2) is 8.78 Å². The molecule has 1 atom stereocenters. The lowest BCUT2D eigenvalue weighted by atomic mass is 10.1. The largest absolute Gasteiger partial charge is 0.389 e. The van der Waals surface area contributed by atoms with Gasteiger partial charge in [0.05, 0.1) is 12.7 Å². The fourth-order valence-electron chi connectivity index (χ4n) is 1.83. The van der Waals surface area contributed by atoms with Crippen LogP contribution in [0.2, 0.25) is 0 Å². The van der Waals surface area contributed by atoms with Gasteiger partial charge in [-0.1, -0.05) is 30.3 Å². The second kappa shape index (κ2) is 8.96. The van der Waals surface area contributed by atoms with Crippen molar-refractivity contribution in [3.63, 3.8) is 0 Å². The highest BCUT2D eigenvalue weighted by Gasteiger charge is 2.75. The van der Waals surface area contributed by atoms with Gasteiger partial charge in [0, 0.05) is 13.1 Å². The summed E-state index contributed by atoms with van der Waals surface area (Å²) in [5, 5.41) is 12.2. The van der Waals surface area contributed by atoms with Crippen molar-refractivity contribution in [2.24, 2.45) is 0 Å². The minimum atomic E-state index is -6.31. The lowest BCUT2D eigenvalue weighted by Gasteiger charge is -2.32. The SMILES string of the molecule is O[C@H](CNCc1ccccc1)COCC(F)(F)C(F)(F)C(F)(F)C(F)F. The molecule has 0 radical (unpaired) electrons. The first-order chi connectivity index (χ1) is 11.9. The molecule has 0 bridgehead atoms. The Morgan fingerprint density at radius 2 is 1.58 bits per heavy atom. The molecule has 26 heavy (non-hydrogen) atoms. The van der Waals surface area contributed by atoms with E-state index < -0.39 is 43.5 Å². The molecule has 0 aliphatic heterocycles. The molecule has 150 valence electrons. The number of alkyl halides is 8. The molecule has 0 saturated heterocycles. The van der Waals surface area contributed by atoms with Gasteiger partial charge in [-0.05, 0) is 5.56 Å². The lowest BCUT2D eigenvalue weighted by molar-refractivity contribution is -0.346. The number of benzene rings is 1. The zero-order valence-corrected chi connectivity index (χ0v) is 13.2. The van der Waals surface area contributed by atoms with Crippen molar-refractivity contribution in [2.75, 3.05) is 19.8 Å². The van der Waals surface area contributed by atoms with Gasteiger partial charge >= 0.3 is 24.2 Å². The standard InChI is InChI=1S/C15H17F8NO2/c16-12(17)14(20,21)15(22,23)13(18,19)9-26-8-11(25)7-24-6-10-4-2-1-3-5-10/h1-5,11-12,24-25H,6-9H2/t11-/m1/s1. The van der Waals surface area contributed by atoms with E-state index in [0.29, 0.717) is 6.54 Å². The fraction of sp³-hybridized carbons (Fsp3) is 0.600. The third-order valence-electron chi connectivity index (χ3n) is 3.30. The molecule has 0 saturated carbocycles. The van der Waals surface area contributed by atoms with Crippen LogP contribution in [0, 0.1) is 0 Å². The number of hydrogen-bond donors (Lipinski definition) is 2. The summed E-state index contributed by atoms with van der Waals surface area (Å²) >= 11 is 0. The van der Waals surface area contributed by atoms with Gasteiger partial charge in [-0.2, -0.15) is 26.3 Å². The molecular weight excluding hydrogens is 378 g/mol. The van der Waals surface area contributed by atoms with E-state index in [0.717, 1.165) is 5.56 Å². The first-order valence-corrected chi connectivity index (χ1v) is 7.34. The van der Waals surface area contributed by atoms with Gasteiger partial charge in [0.15, 0.2) is 0 Å². The molecule has 2 N–H and O–H groups in total. The third-order valence-corrected chi connectivity index (χ3v) is 3.30. The summed E-state index contributed by atoms with van der Waals surface area (Å²) in [5.41, 5.74) is 0.848. The highest BCUT2D eigenvalue weighted by atomic mass is 19.4. The number of aliphatic hydroxyl groups excluding tert-OH is 1. The molecule has 0 amide bonds. The highest BCUT2D eigenvalue weighted by Crippen LogP contribution is 2.48. The summed E-state index contributed by atoms with van der Waals surface area (Å²) in [5.74, 6) is -18.1. The van der Waals surface area contributed by atoms with Crippen molar-refractivity contribution in [1.29, 1.82) is 0 Å². The van der Waals surface area contributed by atoms with E-state index in [1.807, 2.05) is 0 Å². The van der Waals surface area contributed by atoms with Crippen molar-refractivity contribution >= 4 is 0 Å². The third kappa shape index (κ3) is 5.52. The topological polar surface area (TPSA) is 41.5 Å². The minimum absolute atomic E-state index is 0.163. The lowest BCUT2D eigenvalue weighted by Crippen LogP contribution is -2.59. The van der Waals surface area contributed by atoms with Crippen LogP contribution in [0.5, 0.6) is 0 Å². The summed E-state index contributed by atoms with van der Waals surface area (Å²) < 4.78 is 106. The normalized spacial score (nSPS) is 14.7. The van der Waals surface area contributed by atoms with Crippen LogP contribution >= 0.6 is 0 Å². The van der Waals surface area contributed by atoms with Gasteiger partial charge in [0.25, 0.3) is 0 Å². The first-order valence-electron chi connectivity index (χ1n) is 7.34. The van der Waals surface area contributed by atoms with E-state index in [2.05, 4.69) is 10.1 Å². The number of halogens is 8. The second-order valence-corrected chi connectivity index (χ2v) is 5.49. The van der Waals surface area contributed by atoms with Crippen molar-refractivity contribution in [3.8, 4) is 0 Å². The molecule has 1 aromatic carbocycles. The van der Waals surface area contributed by atoms with E-state index in [4.69, 9.17) is 0 Å². The predicted molar refractivity (Wildman–Crippen MR) is 75.8 cm³/mol. The number of rotatable bonds is 11. The van der Waals surface area contributed by atoms with E-state index in [9.17, 15) is 40.2 Å². The van der Waals surface area contributed by atoms with Crippen LogP contribution in [-0.4, -0.2) is 55.2 Å². The van der Waals surface area contributed by atoms with E-state index >= 15 is 0 Å². The average molecular weight is 395 g/mol. The zero-order valence-electron chi connectivity index (χ0n) is 13.2. The van der Waals surface area contributed by atoms with Gasteiger partial charge in [0.1, 0.15) is 6.61 Å². The smallest absolute Gasteiger partial charge is 0.380 e. The summed E-state index contributed by atoms with van der Waals surface area (Å²) in [6, 6.07) is 8.82. The van der Waals surface area contributed by atoms with Crippen LogP contribution in [0.3, 0.4) is 0 Å². The Balaban J connectivity index is 2.42. The maximum atomic E-state index is 13.2. The van der Waals surface area contributed by atoms with Gasteiger partial charge in [-0.3, -0.25) is 0 Å². The average Bonchev–Trinajstić information content (AvgIpc) is 2.55. The summed E-state index contributed by atoms with van der Waals surface area (Å²) in [4.78, 5) is 0. The van der Waals surface area contributed by atoms with Gasteiger partial charge < -0.3 is 15.2 Å². The fourth-order valence-corrected chi connectivity index (χ4v) is 1.83. The Morgan fingerprint density at radius 3 is 2.12 bits per heavy atom. The number of hydrogen-bond acceptors (Lipinski definition) is 3. The van der Waals surface area contributed by atoms with Crippen LogP contribution in [0.4, 0.5) is 35.1 Å². The highest BCUT2D eigenvalue weighted by molar-refractivity contribution is 5.14. The molecule has 0 aliphatic carbocycles. The maximum Gasteiger partial charge on any atom is 0.380 e. The van der Waals surface area contributed by atoms with Crippen LogP contribution in [0.25, 0.3) is 0 Å². The molecular formula is C15H17F8NO2. The first kappa shape index (κ1) is 22.6. The van der Waals surface area contributed by atoms with Crippen molar-refractivity contribution < 1.29 is 45.0 Å². The van der Waals surface area contributed by atoms with Crippen LogP contribution < -0.4 is 5.32 Å². The zero-order chi connectivity index (χ0) is 20.0.